The molecule has 0 heterocycles. The van der Waals surface area contributed by atoms with Crippen LogP contribution in [0.2, 0.25) is 0 Å². The molecule has 0 aliphatic heterocycles. The van der Waals surface area contributed by atoms with Gasteiger partial charge in [0.2, 0.25) is 0 Å². The third kappa shape index (κ3) is 2.60. The quantitative estimate of drug-likeness (QED) is 0.467. The number of nitrogen functional groups attached to an aromatic ring is 1. The molecule has 0 saturated carbocycles. The first-order valence-corrected chi connectivity index (χ1v) is 2.72. The van der Waals surface area contributed by atoms with Crippen molar-refractivity contribution in [2.24, 2.45) is 0 Å². The fourth-order valence-electron chi connectivity index (χ4n) is 0.642. The summed E-state index contributed by atoms with van der Waals surface area (Å²) in [5, 5.41) is 0. The van der Waals surface area contributed by atoms with Gasteiger partial charge in [-0.05, 0) is 12.1 Å². The molecule has 10 heavy (non-hydrogen) atoms. The minimum atomic E-state index is 0. The van der Waals surface area contributed by atoms with Crippen molar-refractivity contribution in [3.8, 4) is 5.75 Å². The zero-order valence-corrected chi connectivity index (χ0v) is 5.29. The van der Waals surface area contributed by atoms with E-state index in [2.05, 4.69) is 0 Å². The molecule has 3 heteroatoms. The second kappa shape index (κ2) is 4.61. The molecule has 0 radical (unpaired) electrons. The maximum absolute atomic E-state index is 5.45. The van der Waals surface area contributed by atoms with Crippen LogP contribution in [0.5, 0.6) is 5.75 Å². The van der Waals surface area contributed by atoms with Gasteiger partial charge in [-0.3, -0.25) is 0 Å². The third-order valence-electron chi connectivity index (χ3n) is 1.09. The van der Waals surface area contributed by atoms with Gasteiger partial charge in [0.25, 0.3) is 0 Å². The van der Waals surface area contributed by atoms with Crippen molar-refractivity contribution < 1.29 is 4.74 Å². The molecule has 2 N–H and O–H groups in total. The average Bonchev–Trinajstić information content (AvgIpc) is 1.88. The number of benzene rings is 1. The molecule has 0 unspecified atom stereocenters. The Kier molecular flexibility index (Phi) is 4.52. The van der Waals surface area contributed by atoms with Crippen molar-refractivity contribution in [1.29, 1.82) is 0 Å². The summed E-state index contributed by atoms with van der Waals surface area (Å²) in [6.45, 7) is 0. The molecule has 1 aromatic carbocycles. The van der Waals surface area contributed by atoms with Gasteiger partial charge in [0.15, 0.2) is 0 Å². The van der Waals surface area contributed by atoms with E-state index >= 15 is 0 Å². The number of nitrogens with two attached hydrogens (primary N) is 1. The number of anilines is 1. The zero-order valence-electron chi connectivity index (χ0n) is 5.29. The van der Waals surface area contributed by atoms with Gasteiger partial charge in [-0.15, -0.1) is 0 Å². The van der Waals surface area contributed by atoms with Crippen LogP contribution < -0.4 is 10.5 Å². The fraction of sp³-hybridized carbons (Fsp3) is 0.143. The van der Waals surface area contributed by atoms with Crippen molar-refractivity contribution >= 4 is 35.2 Å². The van der Waals surface area contributed by atoms with Crippen LogP contribution in [0.1, 0.15) is 0 Å². The van der Waals surface area contributed by atoms with E-state index in [9.17, 15) is 0 Å². The first-order valence-electron chi connectivity index (χ1n) is 2.72. The molecule has 0 amide bonds. The van der Waals surface area contributed by atoms with E-state index in [1.807, 2.05) is 18.2 Å². The van der Waals surface area contributed by atoms with Crippen molar-refractivity contribution in [2.45, 2.75) is 0 Å². The number of hydrogen-bond donors (Lipinski definition) is 1. The summed E-state index contributed by atoms with van der Waals surface area (Å²) in [7, 11) is 1.62. The van der Waals surface area contributed by atoms with Crippen LogP contribution >= 0.6 is 0 Å². The Morgan fingerprint density at radius 1 is 1.40 bits per heavy atom. The van der Waals surface area contributed by atoms with Crippen LogP contribution in [0.3, 0.4) is 0 Å². The predicted molar refractivity (Wildman–Crippen MR) is 44.6 cm³/mol. The molecule has 50 valence electrons. The van der Waals surface area contributed by atoms with E-state index in [4.69, 9.17) is 10.5 Å². The molecule has 0 saturated heterocycles. The summed E-state index contributed by atoms with van der Waals surface area (Å²) in [4.78, 5) is 0. The second-order valence-electron chi connectivity index (χ2n) is 1.78. The second-order valence-corrected chi connectivity index (χ2v) is 1.78. The van der Waals surface area contributed by atoms with Gasteiger partial charge < -0.3 is 10.5 Å². The van der Waals surface area contributed by atoms with Gasteiger partial charge in [-0.1, -0.05) is 6.07 Å². The number of rotatable bonds is 1. The van der Waals surface area contributed by atoms with Gasteiger partial charge in [-0.25, -0.2) is 0 Å². The summed E-state index contributed by atoms with van der Waals surface area (Å²) in [5.41, 5.74) is 6.19. The van der Waals surface area contributed by atoms with E-state index in [0.717, 1.165) is 11.4 Å². The molecule has 0 bridgehead atoms. The molecular weight excluding hydrogens is 137 g/mol. The van der Waals surface area contributed by atoms with E-state index in [1.54, 1.807) is 13.2 Å². The standard InChI is InChI=1S/C7H9NO.Na.H/c1-9-7-4-2-3-6(8)5-7;;/h2-5H,8H2,1H3;;. The molecule has 0 aliphatic rings. The van der Waals surface area contributed by atoms with Gasteiger partial charge >= 0.3 is 29.6 Å². The normalized spacial score (nSPS) is 8.10. The molecule has 0 aliphatic carbocycles. The summed E-state index contributed by atoms with van der Waals surface area (Å²) in [6, 6.07) is 7.31. The van der Waals surface area contributed by atoms with Crippen LogP contribution in [0.15, 0.2) is 24.3 Å². The van der Waals surface area contributed by atoms with Gasteiger partial charge in [-0.2, -0.15) is 0 Å². The van der Waals surface area contributed by atoms with Crippen LogP contribution in [0, 0.1) is 0 Å². The van der Waals surface area contributed by atoms with Crippen molar-refractivity contribution in [3.63, 3.8) is 0 Å². The summed E-state index contributed by atoms with van der Waals surface area (Å²) in [6.07, 6.45) is 0. The first kappa shape index (κ1) is 9.82. The van der Waals surface area contributed by atoms with Crippen LogP contribution in [0.4, 0.5) is 5.69 Å². The predicted octanol–water partition coefficient (Wildman–Crippen LogP) is 0.629. The average molecular weight is 147 g/mol. The third-order valence-corrected chi connectivity index (χ3v) is 1.09. The van der Waals surface area contributed by atoms with E-state index in [-0.39, 0.29) is 29.6 Å². The monoisotopic (exact) mass is 147 g/mol. The maximum atomic E-state index is 5.45. The van der Waals surface area contributed by atoms with Gasteiger partial charge in [0.1, 0.15) is 5.75 Å². The molecule has 1 aromatic rings. The van der Waals surface area contributed by atoms with Crippen LogP contribution in [-0.2, 0) is 0 Å². The van der Waals surface area contributed by atoms with Crippen molar-refractivity contribution in [1.82, 2.24) is 0 Å². The van der Waals surface area contributed by atoms with E-state index < -0.39 is 0 Å². The Hall–Kier alpha value is -0.180. The molecule has 0 atom stereocenters. The summed E-state index contributed by atoms with van der Waals surface area (Å²) in [5.74, 6) is 0.801. The number of methoxy groups -OCH3 is 1. The first-order chi connectivity index (χ1) is 4.33. The molecule has 2 nitrogen and oxygen atoms in total. The Morgan fingerprint density at radius 2 is 2.10 bits per heavy atom. The molecule has 1 rings (SSSR count). The van der Waals surface area contributed by atoms with E-state index in [1.165, 1.54) is 0 Å². The van der Waals surface area contributed by atoms with Crippen molar-refractivity contribution in [3.05, 3.63) is 24.3 Å². The molecule has 0 fully saturated rings. The van der Waals surface area contributed by atoms with Crippen LogP contribution in [-0.4, -0.2) is 36.7 Å². The molecule has 0 aromatic heterocycles. The Balaban J connectivity index is 0.000000810. The summed E-state index contributed by atoms with van der Waals surface area (Å²) >= 11 is 0. The fourth-order valence-corrected chi connectivity index (χ4v) is 0.642. The topological polar surface area (TPSA) is 35.2 Å². The Labute approximate surface area is 82.7 Å². The Morgan fingerprint density at radius 3 is 2.50 bits per heavy atom. The SMILES string of the molecule is COc1cccc(N)c1.[NaH]. The zero-order chi connectivity index (χ0) is 6.69. The van der Waals surface area contributed by atoms with Gasteiger partial charge in [0.05, 0.1) is 7.11 Å². The van der Waals surface area contributed by atoms with Gasteiger partial charge in [0, 0.05) is 11.8 Å². The molecular formula is C7H10NNaO. The van der Waals surface area contributed by atoms with Crippen LogP contribution in [0.25, 0.3) is 0 Å². The molecule has 0 spiro atoms. The Bertz CT molecular complexity index is 203. The number of hydrogen-bond acceptors (Lipinski definition) is 2. The number of ether oxygens (including phenoxy) is 1. The van der Waals surface area contributed by atoms with E-state index in [0.29, 0.717) is 0 Å². The summed E-state index contributed by atoms with van der Waals surface area (Å²) < 4.78 is 4.92. The van der Waals surface area contributed by atoms with Crippen molar-refractivity contribution in [2.75, 3.05) is 12.8 Å². The minimum absolute atomic E-state index is 0.